The molecule has 1 aromatic carbocycles. The number of aromatic nitrogens is 1. The van der Waals surface area contributed by atoms with Crippen LogP contribution < -0.4 is 15.9 Å². The van der Waals surface area contributed by atoms with E-state index in [2.05, 4.69) is 26.2 Å². The van der Waals surface area contributed by atoms with Gasteiger partial charge in [0.1, 0.15) is 6.04 Å². The quantitative estimate of drug-likeness (QED) is 0.532. The Hall–Kier alpha value is -2.30. The van der Waals surface area contributed by atoms with Crippen molar-refractivity contribution < 1.29 is 19.1 Å². The number of ether oxygens (including phenoxy) is 1. The number of anilines is 1. The first kappa shape index (κ1) is 26.0. The van der Waals surface area contributed by atoms with Gasteiger partial charge in [-0.15, -0.1) is 11.3 Å². The lowest BCUT2D eigenvalue weighted by Crippen LogP contribution is -2.37. The molecule has 3 N–H and O–H groups in total. The Morgan fingerprint density at radius 2 is 1.97 bits per heavy atom. The topological polar surface area (TPSA) is 116 Å². The number of nitrogens with one attached hydrogen (secondary N) is 1. The van der Waals surface area contributed by atoms with Crippen LogP contribution in [-0.2, 0) is 21.1 Å². The summed E-state index contributed by atoms with van der Waals surface area (Å²) in [6.45, 7) is 9.55. The summed E-state index contributed by atoms with van der Waals surface area (Å²) in [7, 11) is 0. The Morgan fingerprint density at radius 3 is 2.56 bits per heavy atom. The third-order valence-electron chi connectivity index (χ3n) is 4.37. The van der Waals surface area contributed by atoms with Gasteiger partial charge < -0.3 is 15.8 Å². The molecule has 2 amide bonds. The highest BCUT2D eigenvalue weighted by Gasteiger charge is 2.19. The molecule has 0 spiro atoms. The van der Waals surface area contributed by atoms with E-state index in [1.807, 2.05) is 34.6 Å². The molecule has 0 saturated carbocycles. The highest BCUT2D eigenvalue weighted by molar-refractivity contribution is 9.10. The minimum absolute atomic E-state index is 0.0413. The summed E-state index contributed by atoms with van der Waals surface area (Å²) in [6.07, 6.45) is 2.05. The Labute approximate surface area is 200 Å². The van der Waals surface area contributed by atoms with Crippen molar-refractivity contribution in [3.8, 4) is 0 Å². The second-order valence-corrected chi connectivity index (χ2v) is 10.6. The number of hydrogen-bond donors (Lipinski definition) is 2. The molecule has 0 aliphatic rings. The average Bonchev–Trinajstić information content (AvgIpc) is 3.12. The number of nitrogens with zero attached hydrogens (tertiary/aromatic N) is 2. The van der Waals surface area contributed by atoms with Gasteiger partial charge in [0.15, 0.2) is 11.5 Å². The van der Waals surface area contributed by atoms with Crippen molar-refractivity contribution in [2.45, 2.75) is 53.8 Å². The molecular weight excluding hydrogens is 496 g/mol. The lowest BCUT2D eigenvalue weighted by Gasteiger charge is -2.17. The van der Waals surface area contributed by atoms with Gasteiger partial charge in [-0.2, -0.15) is 4.99 Å². The minimum Gasteiger partial charge on any atom is -0.443 e. The largest absolute Gasteiger partial charge is 0.443 e. The van der Waals surface area contributed by atoms with Gasteiger partial charge in [-0.3, -0.25) is 19.0 Å². The second-order valence-electron chi connectivity index (χ2n) is 8.91. The van der Waals surface area contributed by atoms with Gasteiger partial charge in [0, 0.05) is 28.0 Å². The zero-order valence-electron chi connectivity index (χ0n) is 18.8. The second kappa shape index (κ2) is 11.0. The molecule has 8 nitrogen and oxygen atoms in total. The van der Waals surface area contributed by atoms with Gasteiger partial charge in [0.25, 0.3) is 5.91 Å². The van der Waals surface area contributed by atoms with E-state index in [1.165, 1.54) is 11.3 Å². The Balaban J connectivity index is 2.11. The molecule has 0 aliphatic heterocycles. The van der Waals surface area contributed by atoms with E-state index in [9.17, 15) is 14.4 Å². The molecule has 0 aliphatic carbocycles. The molecule has 174 valence electrons. The van der Waals surface area contributed by atoms with Crippen LogP contribution in [0.2, 0.25) is 0 Å². The number of carbonyl (C=O) groups excluding carboxylic acids is 3. The summed E-state index contributed by atoms with van der Waals surface area (Å²) in [4.78, 5) is 41.3. The standard InChI is InChI=1S/C22H29BrN4O4S/c1-13(2)18(24)20(30)31-12-27-8-9-32-21(27)26-19(29)14-6-7-16(15(23)10-14)25-17(28)11-22(3,4)5/h6-10,13,18H,11-12,24H2,1-5H3,(H,25,28). The number of nitrogens with two attached hydrogens (primary N) is 1. The lowest BCUT2D eigenvalue weighted by molar-refractivity contribution is -0.150. The monoisotopic (exact) mass is 524 g/mol. The maximum absolute atomic E-state index is 12.7. The van der Waals surface area contributed by atoms with Crippen LogP contribution in [0.1, 0.15) is 51.4 Å². The molecule has 2 aromatic rings. The van der Waals surface area contributed by atoms with Crippen molar-refractivity contribution in [3.63, 3.8) is 0 Å². The maximum Gasteiger partial charge on any atom is 0.324 e. The number of thiazole rings is 1. The van der Waals surface area contributed by atoms with E-state index in [0.717, 1.165) is 0 Å². The smallest absolute Gasteiger partial charge is 0.324 e. The molecule has 1 atom stereocenters. The number of esters is 1. The summed E-state index contributed by atoms with van der Waals surface area (Å²) in [5, 5.41) is 4.59. The highest BCUT2D eigenvalue weighted by atomic mass is 79.9. The van der Waals surface area contributed by atoms with Gasteiger partial charge in [0.2, 0.25) is 5.91 Å². The molecule has 1 heterocycles. The van der Waals surface area contributed by atoms with Crippen molar-refractivity contribution in [1.82, 2.24) is 4.57 Å². The Morgan fingerprint density at radius 1 is 1.28 bits per heavy atom. The minimum atomic E-state index is -0.712. The van der Waals surface area contributed by atoms with Gasteiger partial charge in [-0.05, 0) is 45.5 Å². The summed E-state index contributed by atoms with van der Waals surface area (Å²) in [6, 6.07) is 4.16. The number of rotatable bonds is 7. The molecule has 1 aromatic heterocycles. The summed E-state index contributed by atoms with van der Waals surface area (Å²) in [5.41, 5.74) is 6.59. The normalized spacial score (nSPS) is 13.2. The zero-order chi connectivity index (χ0) is 24.1. The first-order valence-electron chi connectivity index (χ1n) is 10.1. The molecule has 2 rings (SSSR count). The van der Waals surface area contributed by atoms with E-state index < -0.39 is 17.9 Å². The molecule has 0 bridgehead atoms. The van der Waals surface area contributed by atoms with Gasteiger partial charge in [-0.25, -0.2) is 0 Å². The number of amides is 2. The van der Waals surface area contributed by atoms with E-state index >= 15 is 0 Å². The van der Waals surface area contributed by atoms with Gasteiger partial charge >= 0.3 is 5.97 Å². The third-order valence-corrected chi connectivity index (χ3v) is 5.82. The highest BCUT2D eigenvalue weighted by Crippen LogP contribution is 2.26. The Kier molecular flexibility index (Phi) is 8.94. The van der Waals surface area contributed by atoms with Gasteiger partial charge in [-0.1, -0.05) is 34.6 Å². The predicted molar refractivity (Wildman–Crippen MR) is 128 cm³/mol. The van der Waals surface area contributed by atoms with E-state index in [1.54, 1.807) is 34.3 Å². The van der Waals surface area contributed by atoms with Crippen molar-refractivity contribution in [2.75, 3.05) is 5.32 Å². The SMILES string of the molecule is CC(C)C(N)C(=O)OCn1ccsc1=NC(=O)c1ccc(NC(=O)CC(C)(C)C)c(Br)c1. The van der Waals surface area contributed by atoms with Crippen LogP contribution in [0.3, 0.4) is 0 Å². The molecule has 0 saturated heterocycles. The summed E-state index contributed by atoms with van der Waals surface area (Å²) in [5.74, 6) is -1.11. The number of carbonyl (C=O) groups is 3. The van der Waals surface area contributed by atoms with E-state index in [-0.39, 0.29) is 24.0 Å². The first-order valence-corrected chi connectivity index (χ1v) is 11.8. The fourth-order valence-electron chi connectivity index (χ4n) is 2.56. The van der Waals surface area contributed by atoms with Crippen LogP contribution in [0.15, 0.2) is 39.2 Å². The molecule has 0 fully saturated rings. The van der Waals surface area contributed by atoms with Crippen molar-refractivity contribution in [3.05, 3.63) is 44.6 Å². The van der Waals surface area contributed by atoms with E-state index in [0.29, 0.717) is 26.9 Å². The summed E-state index contributed by atoms with van der Waals surface area (Å²) >= 11 is 4.65. The van der Waals surface area contributed by atoms with Crippen LogP contribution in [0.5, 0.6) is 0 Å². The molecule has 0 radical (unpaired) electrons. The molecule has 32 heavy (non-hydrogen) atoms. The number of halogens is 1. The Bertz CT molecular complexity index is 1050. The first-order chi connectivity index (χ1) is 14.9. The van der Waals surface area contributed by atoms with E-state index in [4.69, 9.17) is 10.5 Å². The summed E-state index contributed by atoms with van der Waals surface area (Å²) < 4.78 is 7.37. The van der Waals surface area contributed by atoms with Crippen LogP contribution in [0.25, 0.3) is 0 Å². The van der Waals surface area contributed by atoms with Crippen LogP contribution in [0, 0.1) is 11.3 Å². The lowest BCUT2D eigenvalue weighted by atomic mass is 9.92. The van der Waals surface area contributed by atoms with Gasteiger partial charge in [0.05, 0.1) is 5.69 Å². The predicted octanol–water partition coefficient (Wildman–Crippen LogP) is 3.91. The number of benzene rings is 1. The number of hydrogen-bond acceptors (Lipinski definition) is 6. The van der Waals surface area contributed by atoms with Crippen LogP contribution in [0.4, 0.5) is 5.69 Å². The van der Waals surface area contributed by atoms with Crippen molar-refractivity contribution in [2.24, 2.45) is 22.1 Å². The molecule has 1 unspecified atom stereocenters. The van der Waals surface area contributed by atoms with Crippen molar-refractivity contribution in [1.29, 1.82) is 0 Å². The molecule has 10 heteroatoms. The maximum atomic E-state index is 12.7. The fraction of sp³-hybridized carbons (Fsp3) is 0.455. The zero-order valence-corrected chi connectivity index (χ0v) is 21.2. The third kappa shape index (κ3) is 7.68. The van der Waals surface area contributed by atoms with Crippen LogP contribution >= 0.6 is 27.3 Å². The van der Waals surface area contributed by atoms with Crippen molar-refractivity contribution >= 4 is 50.7 Å². The fourth-order valence-corrected chi connectivity index (χ4v) is 3.76. The van der Waals surface area contributed by atoms with Crippen LogP contribution in [-0.4, -0.2) is 28.4 Å². The average molecular weight is 525 g/mol. The molecular formula is C22H29BrN4O4S.